The highest BCUT2D eigenvalue weighted by Crippen LogP contribution is 2.24. The smallest absolute Gasteiger partial charge is 0.148 e. The minimum Gasteiger partial charge on any atom is -0.394 e. The van der Waals surface area contributed by atoms with Crippen LogP contribution < -0.4 is 11.1 Å². The number of benzene rings is 1. The molecule has 2 aromatic rings. The second-order valence-electron chi connectivity index (χ2n) is 5.60. The molecule has 1 aromatic heterocycles. The Kier molecular flexibility index (Phi) is 5.26. The van der Waals surface area contributed by atoms with E-state index in [2.05, 4.69) is 54.6 Å². The monoisotopic (exact) mass is 286 g/mol. The summed E-state index contributed by atoms with van der Waals surface area (Å²) in [6.45, 7) is 8.16. The number of nitrogens with one attached hydrogen (secondary N) is 1. The highest BCUT2D eigenvalue weighted by molar-refractivity contribution is 5.64. The van der Waals surface area contributed by atoms with Crippen LogP contribution in [0.4, 0.5) is 11.5 Å². The van der Waals surface area contributed by atoms with Crippen molar-refractivity contribution in [3.05, 3.63) is 41.6 Å². The van der Waals surface area contributed by atoms with E-state index in [-0.39, 0.29) is 0 Å². The Morgan fingerprint density at radius 3 is 2.67 bits per heavy atom. The molecule has 1 aromatic carbocycles. The average molecular weight is 286 g/mol. The molecule has 0 saturated heterocycles. The Balaban J connectivity index is 1.94. The first-order valence-electron chi connectivity index (χ1n) is 7.75. The zero-order valence-corrected chi connectivity index (χ0v) is 13.3. The summed E-state index contributed by atoms with van der Waals surface area (Å²) >= 11 is 0. The number of nitrogens with two attached hydrogens (primary N) is 1. The van der Waals surface area contributed by atoms with Gasteiger partial charge in [0.2, 0.25) is 0 Å². The number of nitrogen functional groups attached to an aromatic ring is 1. The van der Waals surface area contributed by atoms with Crippen LogP contribution in [0.2, 0.25) is 0 Å². The van der Waals surface area contributed by atoms with Crippen molar-refractivity contribution < 1.29 is 0 Å². The summed E-state index contributed by atoms with van der Waals surface area (Å²) in [4.78, 5) is 0. The lowest BCUT2D eigenvalue weighted by atomic mass is 9.98. The maximum Gasteiger partial charge on any atom is 0.148 e. The van der Waals surface area contributed by atoms with Gasteiger partial charge in [-0.1, -0.05) is 44.2 Å². The van der Waals surface area contributed by atoms with Crippen molar-refractivity contribution in [1.82, 2.24) is 9.78 Å². The number of nitrogens with zero attached hydrogens (tertiary/aromatic N) is 2. The second-order valence-corrected chi connectivity index (χ2v) is 5.60. The van der Waals surface area contributed by atoms with Crippen molar-refractivity contribution >= 4 is 11.5 Å². The lowest BCUT2D eigenvalue weighted by molar-refractivity contribution is 0.600. The van der Waals surface area contributed by atoms with E-state index in [1.165, 1.54) is 5.56 Å². The molecule has 0 bridgehead atoms. The van der Waals surface area contributed by atoms with E-state index in [1.807, 2.05) is 11.6 Å². The van der Waals surface area contributed by atoms with E-state index in [0.29, 0.717) is 5.92 Å². The minimum atomic E-state index is 0.531. The lowest BCUT2D eigenvalue weighted by Gasteiger charge is -2.14. The van der Waals surface area contributed by atoms with E-state index in [9.17, 15) is 0 Å². The van der Waals surface area contributed by atoms with E-state index >= 15 is 0 Å². The van der Waals surface area contributed by atoms with Crippen LogP contribution in [0.3, 0.4) is 0 Å². The summed E-state index contributed by atoms with van der Waals surface area (Å²) < 4.78 is 1.98. The number of aryl methyl sites for hydroxylation is 2. The predicted octanol–water partition coefficient (Wildman–Crippen LogP) is 3.79. The van der Waals surface area contributed by atoms with Crippen molar-refractivity contribution in [3.63, 3.8) is 0 Å². The highest BCUT2D eigenvalue weighted by atomic mass is 15.3. The average Bonchev–Trinajstić information content (AvgIpc) is 2.76. The molecular weight excluding hydrogens is 260 g/mol. The van der Waals surface area contributed by atoms with Gasteiger partial charge in [0.1, 0.15) is 5.82 Å². The summed E-state index contributed by atoms with van der Waals surface area (Å²) in [6, 6.07) is 10.6. The predicted molar refractivity (Wildman–Crippen MR) is 89.6 cm³/mol. The van der Waals surface area contributed by atoms with Gasteiger partial charge in [0, 0.05) is 13.1 Å². The molecule has 1 heterocycles. The second kappa shape index (κ2) is 7.16. The van der Waals surface area contributed by atoms with Gasteiger partial charge in [-0.15, -0.1) is 0 Å². The number of aromatic nitrogens is 2. The third-order valence-electron chi connectivity index (χ3n) is 3.85. The summed E-state index contributed by atoms with van der Waals surface area (Å²) in [5.74, 6) is 1.50. The fraction of sp³-hybridized carbons (Fsp3) is 0.471. The first kappa shape index (κ1) is 15.4. The quantitative estimate of drug-likeness (QED) is 0.814. The zero-order chi connectivity index (χ0) is 15.2. The summed E-state index contributed by atoms with van der Waals surface area (Å²) in [5, 5.41) is 7.95. The van der Waals surface area contributed by atoms with E-state index in [4.69, 9.17) is 5.73 Å². The molecule has 0 spiro atoms. The molecule has 21 heavy (non-hydrogen) atoms. The number of rotatable bonds is 7. The standard InChI is InChI=1S/C17H26N4/c1-4-12-21-17(16(18)14(3)20-21)19-11-10-13(2)15-8-6-5-7-9-15/h5-9,13,19H,4,10-12,18H2,1-3H3. The molecule has 1 atom stereocenters. The van der Waals surface area contributed by atoms with E-state index in [1.54, 1.807) is 0 Å². The molecule has 0 amide bonds. The normalized spacial score (nSPS) is 12.3. The first-order chi connectivity index (χ1) is 10.1. The van der Waals surface area contributed by atoms with Crippen molar-refractivity contribution in [2.75, 3.05) is 17.6 Å². The van der Waals surface area contributed by atoms with Gasteiger partial charge in [-0.05, 0) is 31.2 Å². The van der Waals surface area contributed by atoms with Crippen LogP contribution in [0.5, 0.6) is 0 Å². The number of hydrogen-bond acceptors (Lipinski definition) is 3. The number of anilines is 2. The molecule has 4 heteroatoms. The molecular formula is C17H26N4. The molecule has 114 valence electrons. The fourth-order valence-corrected chi connectivity index (χ4v) is 2.51. The molecule has 0 aliphatic rings. The largest absolute Gasteiger partial charge is 0.394 e. The van der Waals surface area contributed by atoms with Gasteiger partial charge in [-0.3, -0.25) is 0 Å². The topological polar surface area (TPSA) is 55.9 Å². The molecule has 1 unspecified atom stereocenters. The first-order valence-corrected chi connectivity index (χ1v) is 7.75. The van der Waals surface area contributed by atoms with Gasteiger partial charge in [0.25, 0.3) is 0 Å². The Morgan fingerprint density at radius 2 is 2.00 bits per heavy atom. The third kappa shape index (κ3) is 3.78. The summed E-state index contributed by atoms with van der Waals surface area (Å²) in [6.07, 6.45) is 2.12. The van der Waals surface area contributed by atoms with Crippen molar-refractivity contribution in [2.24, 2.45) is 0 Å². The van der Waals surface area contributed by atoms with Gasteiger partial charge < -0.3 is 11.1 Å². The van der Waals surface area contributed by atoms with Gasteiger partial charge in [0.05, 0.1) is 11.4 Å². The lowest BCUT2D eigenvalue weighted by Crippen LogP contribution is -2.12. The van der Waals surface area contributed by atoms with Crippen LogP contribution in [0.1, 0.15) is 43.9 Å². The maximum atomic E-state index is 6.12. The zero-order valence-electron chi connectivity index (χ0n) is 13.3. The molecule has 0 aliphatic heterocycles. The van der Waals surface area contributed by atoms with Crippen LogP contribution in [-0.2, 0) is 6.54 Å². The number of hydrogen-bond donors (Lipinski definition) is 2. The Bertz CT molecular complexity index is 560. The summed E-state index contributed by atoms with van der Waals surface area (Å²) in [7, 11) is 0. The third-order valence-corrected chi connectivity index (χ3v) is 3.85. The van der Waals surface area contributed by atoms with Crippen LogP contribution in [0.25, 0.3) is 0 Å². The Morgan fingerprint density at radius 1 is 1.29 bits per heavy atom. The van der Waals surface area contributed by atoms with Gasteiger partial charge >= 0.3 is 0 Å². The molecule has 0 saturated carbocycles. The van der Waals surface area contributed by atoms with Crippen LogP contribution in [-0.4, -0.2) is 16.3 Å². The van der Waals surface area contributed by atoms with Gasteiger partial charge in [0.15, 0.2) is 0 Å². The van der Waals surface area contributed by atoms with Crippen molar-refractivity contribution in [1.29, 1.82) is 0 Å². The molecule has 0 aliphatic carbocycles. The maximum absolute atomic E-state index is 6.12. The Hall–Kier alpha value is -1.97. The SMILES string of the molecule is CCCn1nc(C)c(N)c1NCCC(C)c1ccccc1. The van der Waals surface area contributed by atoms with Gasteiger partial charge in [-0.2, -0.15) is 5.10 Å². The van der Waals surface area contributed by atoms with Crippen molar-refractivity contribution in [2.45, 2.75) is 46.1 Å². The van der Waals surface area contributed by atoms with E-state index < -0.39 is 0 Å². The van der Waals surface area contributed by atoms with Crippen LogP contribution >= 0.6 is 0 Å². The van der Waals surface area contributed by atoms with E-state index in [0.717, 1.165) is 43.1 Å². The van der Waals surface area contributed by atoms with Gasteiger partial charge in [-0.25, -0.2) is 4.68 Å². The molecule has 4 nitrogen and oxygen atoms in total. The van der Waals surface area contributed by atoms with Crippen molar-refractivity contribution in [3.8, 4) is 0 Å². The van der Waals surface area contributed by atoms with Crippen LogP contribution in [0.15, 0.2) is 30.3 Å². The molecule has 2 rings (SSSR count). The summed E-state index contributed by atoms with van der Waals surface area (Å²) in [5.41, 5.74) is 9.17. The highest BCUT2D eigenvalue weighted by Gasteiger charge is 2.12. The fourth-order valence-electron chi connectivity index (χ4n) is 2.51. The molecule has 0 radical (unpaired) electrons. The Labute approximate surface area is 127 Å². The van der Waals surface area contributed by atoms with Crippen LogP contribution in [0, 0.1) is 6.92 Å². The minimum absolute atomic E-state index is 0.531. The molecule has 0 fully saturated rings. The molecule has 3 N–H and O–H groups in total.